The molecule has 0 aliphatic carbocycles. The summed E-state index contributed by atoms with van der Waals surface area (Å²) >= 11 is 0. The summed E-state index contributed by atoms with van der Waals surface area (Å²) < 4.78 is 10.3. The Bertz CT molecular complexity index is 1670. The van der Waals surface area contributed by atoms with Crippen molar-refractivity contribution in [2.45, 2.75) is 92.4 Å². The van der Waals surface area contributed by atoms with Crippen molar-refractivity contribution >= 4 is 14.1 Å². The first-order chi connectivity index (χ1) is 19.7. The number of benzene rings is 2. The van der Waals surface area contributed by atoms with E-state index in [0.717, 1.165) is 40.8 Å². The molecule has 7 nitrogen and oxygen atoms in total. The summed E-state index contributed by atoms with van der Waals surface area (Å²) in [4.78, 5) is 19.0. The van der Waals surface area contributed by atoms with Crippen LogP contribution in [0.15, 0.2) is 53.3 Å². The minimum absolute atomic E-state index is 0.0161. The van der Waals surface area contributed by atoms with Crippen molar-refractivity contribution in [3.8, 4) is 17.2 Å². The Morgan fingerprint density at radius 3 is 2.31 bits per heavy atom. The number of aromatic nitrogens is 4. The number of hydrogen-bond acceptors (Lipinski definition) is 5. The fraction of sp³-hybridized carbons (Fsp3) is 0.471. The quantitative estimate of drug-likeness (QED) is 0.183. The first-order valence-corrected chi connectivity index (χ1v) is 17.8. The third-order valence-electron chi connectivity index (χ3n) is 8.44. The Balaban J connectivity index is 1.74. The summed E-state index contributed by atoms with van der Waals surface area (Å²) in [6, 6.07) is 18.1. The molecule has 2 heterocycles. The topological polar surface area (TPSA) is 85.2 Å². The lowest BCUT2D eigenvalue weighted by atomic mass is 9.94. The molecule has 0 N–H and O–H groups in total. The van der Waals surface area contributed by atoms with E-state index in [2.05, 4.69) is 72.8 Å². The molecule has 0 aliphatic heterocycles. The number of hydrogen-bond donors (Lipinski definition) is 0. The highest BCUT2D eigenvalue weighted by Gasteiger charge is 2.38. The molecule has 0 saturated heterocycles. The van der Waals surface area contributed by atoms with Gasteiger partial charge in [0.15, 0.2) is 8.32 Å². The molecular weight excluding hydrogens is 538 g/mol. The van der Waals surface area contributed by atoms with Crippen LogP contribution in [-0.2, 0) is 23.8 Å². The number of nitriles is 1. The van der Waals surface area contributed by atoms with Gasteiger partial charge in [0.1, 0.15) is 5.82 Å². The summed E-state index contributed by atoms with van der Waals surface area (Å²) in [6.45, 7) is 20.6. The van der Waals surface area contributed by atoms with Crippen LogP contribution in [0, 0.1) is 23.7 Å². The lowest BCUT2D eigenvalue weighted by Crippen LogP contribution is -2.44. The van der Waals surface area contributed by atoms with Gasteiger partial charge in [-0.1, -0.05) is 90.4 Å². The van der Waals surface area contributed by atoms with Gasteiger partial charge >= 0.3 is 0 Å². The zero-order chi connectivity index (χ0) is 30.9. The van der Waals surface area contributed by atoms with Crippen LogP contribution in [0.5, 0.6) is 0 Å². The number of rotatable bonds is 10. The smallest absolute Gasteiger partial charge is 0.258 e. The second kappa shape index (κ2) is 12.0. The van der Waals surface area contributed by atoms with Gasteiger partial charge in [0, 0.05) is 30.6 Å². The van der Waals surface area contributed by atoms with Crippen molar-refractivity contribution in [3.63, 3.8) is 0 Å². The molecule has 0 saturated carbocycles. The van der Waals surface area contributed by atoms with E-state index in [4.69, 9.17) is 14.5 Å². The number of nitrogens with zero attached hydrogens (tertiary/aromatic N) is 5. The minimum Gasteiger partial charge on any atom is -0.416 e. The van der Waals surface area contributed by atoms with Crippen LogP contribution >= 0.6 is 0 Å². The van der Waals surface area contributed by atoms with Crippen LogP contribution in [0.4, 0.5) is 0 Å². The van der Waals surface area contributed by atoms with Gasteiger partial charge in [-0.2, -0.15) is 15.3 Å². The van der Waals surface area contributed by atoms with Gasteiger partial charge in [-0.25, -0.2) is 4.52 Å². The van der Waals surface area contributed by atoms with E-state index in [1.807, 2.05) is 47.8 Å². The zero-order valence-corrected chi connectivity index (χ0v) is 27.7. The minimum atomic E-state index is -1.95. The third-order valence-corrected chi connectivity index (χ3v) is 12.9. The standard InChI is InChI=1S/C34H45N5O2Si/c1-10-13-30-29(20-25-16-18-26(19-17-25)28-15-12-11-14-27(28)21-35)31(40)38(32-36-24(2)37-39(30)32)22-34(6,7)23-41-42(8,9)33(3,4)5/h11-12,14-19H,10,13,20,22-23H2,1-9H3. The first kappa shape index (κ1) is 31.4. The van der Waals surface area contributed by atoms with E-state index >= 15 is 0 Å². The van der Waals surface area contributed by atoms with Crippen molar-refractivity contribution in [1.29, 1.82) is 5.26 Å². The Morgan fingerprint density at radius 2 is 1.69 bits per heavy atom. The normalized spacial score (nSPS) is 12.6. The summed E-state index contributed by atoms with van der Waals surface area (Å²) in [5.41, 5.74) is 4.92. The van der Waals surface area contributed by atoms with E-state index in [1.165, 1.54) is 0 Å². The lowest BCUT2D eigenvalue weighted by molar-refractivity contribution is 0.146. The van der Waals surface area contributed by atoms with Gasteiger partial charge in [-0.3, -0.25) is 9.36 Å². The molecule has 0 aliphatic rings. The van der Waals surface area contributed by atoms with Crippen molar-refractivity contribution in [2.75, 3.05) is 6.61 Å². The van der Waals surface area contributed by atoms with Crippen molar-refractivity contribution < 1.29 is 4.43 Å². The maximum Gasteiger partial charge on any atom is 0.258 e. The van der Waals surface area contributed by atoms with Gasteiger partial charge in [0.05, 0.1) is 17.3 Å². The van der Waals surface area contributed by atoms with E-state index in [1.54, 1.807) is 4.57 Å². The highest BCUT2D eigenvalue weighted by atomic mass is 28.4. The molecule has 42 heavy (non-hydrogen) atoms. The zero-order valence-electron chi connectivity index (χ0n) is 26.7. The van der Waals surface area contributed by atoms with Crippen molar-refractivity contribution in [1.82, 2.24) is 19.2 Å². The second-order valence-electron chi connectivity index (χ2n) is 13.7. The molecule has 0 bridgehead atoms. The molecule has 2 aromatic carbocycles. The molecule has 0 atom stereocenters. The van der Waals surface area contributed by atoms with Gasteiger partial charge in [0.2, 0.25) is 5.78 Å². The summed E-state index contributed by atoms with van der Waals surface area (Å²) in [5, 5.41) is 14.4. The molecule has 0 fully saturated rings. The maximum atomic E-state index is 14.3. The lowest BCUT2D eigenvalue weighted by Gasteiger charge is -2.39. The highest BCUT2D eigenvalue weighted by molar-refractivity contribution is 6.74. The molecular formula is C34H45N5O2Si. The molecule has 4 aromatic rings. The van der Waals surface area contributed by atoms with E-state index in [0.29, 0.717) is 36.7 Å². The van der Waals surface area contributed by atoms with Crippen LogP contribution in [0.2, 0.25) is 18.1 Å². The number of fused-ring (bicyclic) bond motifs is 1. The number of aryl methyl sites for hydroxylation is 2. The van der Waals surface area contributed by atoms with Gasteiger partial charge < -0.3 is 4.43 Å². The second-order valence-corrected chi connectivity index (χ2v) is 18.5. The highest BCUT2D eigenvalue weighted by Crippen LogP contribution is 2.38. The van der Waals surface area contributed by atoms with Crippen LogP contribution < -0.4 is 5.56 Å². The molecule has 4 rings (SSSR count). The fourth-order valence-corrected chi connectivity index (χ4v) is 6.17. The molecule has 0 unspecified atom stereocenters. The Labute approximate surface area is 251 Å². The molecule has 0 radical (unpaired) electrons. The Kier molecular flexibility index (Phi) is 8.96. The third kappa shape index (κ3) is 6.58. The van der Waals surface area contributed by atoms with Crippen LogP contribution in [0.25, 0.3) is 16.9 Å². The fourth-order valence-electron chi connectivity index (χ4n) is 4.98. The largest absolute Gasteiger partial charge is 0.416 e. The predicted octanol–water partition coefficient (Wildman–Crippen LogP) is 7.33. The van der Waals surface area contributed by atoms with Gasteiger partial charge in [-0.15, -0.1) is 0 Å². The molecule has 2 aromatic heterocycles. The molecule has 0 amide bonds. The molecule has 0 spiro atoms. The van der Waals surface area contributed by atoms with E-state index in [-0.39, 0.29) is 16.0 Å². The van der Waals surface area contributed by atoms with Gasteiger partial charge in [-0.05, 0) is 54.2 Å². The summed E-state index contributed by atoms with van der Waals surface area (Å²) in [6.07, 6.45) is 2.11. The average Bonchev–Trinajstić information content (AvgIpc) is 3.33. The van der Waals surface area contributed by atoms with Crippen molar-refractivity contribution in [2.24, 2.45) is 5.41 Å². The van der Waals surface area contributed by atoms with Crippen molar-refractivity contribution in [3.05, 3.63) is 87.1 Å². The summed E-state index contributed by atoms with van der Waals surface area (Å²) in [5.74, 6) is 1.24. The van der Waals surface area contributed by atoms with Crippen LogP contribution in [0.1, 0.15) is 76.2 Å². The van der Waals surface area contributed by atoms with Crippen LogP contribution in [0.3, 0.4) is 0 Å². The molecule has 222 valence electrons. The van der Waals surface area contributed by atoms with E-state index < -0.39 is 8.32 Å². The van der Waals surface area contributed by atoms with E-state index in [9.17, 15) is 10.1 Å². The predicted molar refractivity (Wildman–Crippen MR) is 172 cm³/mol. The van der Waals surface area contributed by atoms with Crippen LogP contribution in [-0.4, -0.2) is 34.1 Å². The Hall–Kier alpha value is -3.54. The Morgan fingerprint density at radius 1 is 1.02 bits per heavy atom. The first-order valence-electron chi connectivity index (χ1n) is 14.9. The summed E-state index contributed by atoms with van der Waals surface area (Å²) in [7, 11) is -1.95. The average molecular weight is 584 g/mol. The molecule has 8 heteroatoms. The maximum absolute atomic E-state index is 14.3. The monoisotopic (exact) mass is 583 g/mol. The SMILES string of the molecule is CCCc1c(Cc2ccc(-c3ccccc3C#N)cc2)c(=O)n(CC(C)(C)CO[Si](C)(C)C(C)(C)C)c2nc(C)nn12. The van der Waals surface area contributed by atoms with Gasteiger partial charge in [0.25, 0.3) is 5.56 Å².